The topological polar surface area (TPSA) is 82.4 Å². The molecule has 9 heteroatoms. The summed E-state index contributed by atoms with van der Waals surface area (Å²) in [5.74, 6) is 0. The van der Waals surface area contributed by atoms with Crippen LogP contribution in [-0.2, 0) is 18.3 Å². The maximum absolute atomic E-state index is 13.2. The van der Waals surface area contributed by atoms with Crippen molar-refractivity contribution in [2.24, 2.45) is 0 Å². The average molecular weight is 433 g/mol. The number of likely N-dealkylation sites (tertiary alicyclic amines) is 1. The summed E-state index contributed by atoms with van der Waals surface area (Å²) in [6.07, 6.45) is -4.04. The molecule has 31 heavy (non-hydrogen) atoms. The van der Waals surface area contributed by atoms with E-state index in [2.05, 4.69) is 34.1 Å². The summed E-state index contributed by atoms with van der Waals surface area (Å²) in [7, 11) is 0. The molecule has 0 radical (unpaired) electrons. The zero-order valence-electron chi connectivity index (χ0n) is 16.9. The SMILES string of the molecule is Cc1ccc(CN2CCC(O)(c3cc4cc([N+](=O)[O-])c(C(F)(F)F)cc4[nH]3)CC2)cc1. The predicted octanol–water partition coefficient (Wildman–Crippen LogP) is 4.89. The third-order valence-corrected chi connectivity index (χ3v) is 5.95. The average Bonchev–Trinajstić information content (AvgIpc) is 3.14. The molecule has 0 amide bonds. The van der Waals surface area contributed by atoms with Gasteiger partial charge in [0.1, 0.15) is 11.2 Å². The number of benzene rings is 2. The molecule has 0 saturated carbocycles. The van der Waals surface area contributed by atoms with Crippen LogP contribution in [0, 0.1) is 17.0 Å². The van der Waals surface area contributed by atoms with E-state index in [1.54, 1.807) is 0 Å². The van der Waals surface area contributed by atoms with Gasteiger partial charge < -0.3 is 10.1 Å². The number of halogens is 3. The lowest BCUT2D eigenvalue weighted by atomic mass is 9.88. The molecule has 6 nitrogen and oxygen atoms in total. The van der Waals surface area contributed by atoms with Gasteiger partial charge in [-0.3, -0.25) is 15.0 Å². The summed E-state index contributed by atoms with van der Waals surface area (Å²) in [6.45, 7) is 4.02. The highest BCUT2D eigenvalue weighted by Gasteiger charge is 2.40. The van der Waals surface area contributed by atoms with E-state index in [0.717, 1.165) is 18.7 Å². The van der Waals surface area contributed by atoms with E-state index in [1.165, 1.54) is 17.2 Å². The number of rotatable bonds is 4. The minimum absolute atomic E-state index is 0.114. The largest absolute Gasteiger partial charge is 0.423 e. The number of piperidine rings is 1. The molecule has 1 aliphatic heterocycles. The van der Waals surface area contributed by atoms with E-state index in [1.807, 2.05) is 6.92 Å². The van der Waals surface area contributed by atoms with Crippen LogP contribution in [0.15, 0.2) is 42.5 Å². The molecule has 0 bridgehead atoms. The number of nitro groups is 1. The Bertz CT molecular complexity index is 1110. The molecular weight excluding hydrogens is 411 g/mol. The molecule has 0 atom stereocenters. The number of nitrogens with one attached hydrogen (secondary N) is 1. The minimum Gasteiger partial charge on any atom is -0.384 e. The van der Waals surface area contributed by atoms with Gasteiger partial charge in [-0.25, -0.2) is 0 Å². The molecule has 3 aromatic rings. The van der Waals surface area contributed by atoms with Crippen molar-refractivity contribution in [3.8, 4) is 0 Å². The zero-order chi connectivity index (χ0) is 22.4. The first kappa shape index (κ1) is 21.3. The van der Waals surface area contributed by atoms with Gasteiger partial charge in [-0.1, -0.05) is 29.8 Å². The second-order valence-corrected chi connectivity index (χ2v) is 8.19. The second-order valence-electron chi connectivity index (χ2n) is 8.19. The van der Waals surface area contributed by atoms with Crippen molar-refractivity contribution in [1.29, 1.82) is 0 Å². The first-order valence-corrected chi connectivity index (χ1v) is 9.94. The van der Waals surface area contributed by atoms with Gasteiger partial charge in [-0.15, -0.1) is 0 Å². The Morgan fingerprint density at radius 2 is 1.81 bits per heavy atom. The van der Waals surface area contributed by atoms with Crippen LogP contribution in [0.4, 0.5) is 18.9 Å². The van der Waals surface area contributed by atoms with Gasteiger partial charge in [-0.05, 0) is 37.5 Å². The molecule has 0 aliphatic carbocycles. The minimum atomic E-state index is -4.85. The van der Waals surface area contributed by atoms with Crippen molar-refractivity contribution in [3.63, 3.8) is 0 Å². The van der Waals surface area contributed by atoms with E-state index >= 15 is 0 Å². The highest BCUT2D eigenvalue weighted by Crippen LogP contribution is 2.40. The molecule has 1 aliphatic rings. The lowest BCUT2D eigenvalue weighted by Crippen LogP contribution is -2.42. The number of aryl methyl sites for hydroxylation is 1. The van der Waals surface area contributed by atoms with Gasteiger partial charge in [0.25, 0.3) is 5.69 Å². The Morgan fingerprint density at radius 3 is 2.39 bits per heavy atom. The van der Waals surface area contributed by atoms with Crippen LogP contribution in [0.2, 0.25) is 0 Å². The lowest BCUT2D eigenvalue weighted by Gasteiger charge is -2.37. The highest BCUT2D eigenvalue weighted by atomic mass is 19.4. The van der Waals surface area contributed by atoms with Crippen molar-refractivity contribution in [2.45, 2.75) is 38.1 Å². The molecule has 4 rings (SSSR count). The fraction of sp³-hybridized carbons (Fsp3) is 0.364. The number of hydrogen-bond acceptors (Lipinski definition) is 4. The fourth-order valence-electron chi connectivity index (χ4n) is 4.10. The molecule has 2 aromatic carbocycles. The number of aromatic nitrogens is 1. The monoisotopic (exact) mass is 433 g/mol. The van der Waals surface area contributed by atoms with Crippen LogP contribution in [0.25, 0.3) is 10.9 Å². The zero-order valence-corrected chi connectivity index (χ0v) is 16.9. The third-order valence-electron chi connectivity index (χ3n) is 5.95. The summed E-state index contributed by atoms with van der Waals surface area (Å²) in [5, 5.41) is 22.6. The predicted molar refractivity (Wildman–Crippen MR) is 110 cm³/mol. The van der Waals surface area contributed by atoms with Crippen LogP contribution < -0.4 is 0 Å². The number of nitrogens with zero attached hydrogens (tertiary/aromatic N) is 2. The summed E-state index contributed by atoms with van der Waals surface area (Å²) in [4.78, 5) is 15.2. The number of hydrogen-bond donors (Lipinski definition) is 2. The van der Waals surface area contributed by atoms with Gasteiger partial charge in [0.05, 0.1) is 4.92 Å². The first-order valence-electron chi connectivity index (χ1n) is 9.94. The first-order chi connectivity index (χ1) is 14.5. The molecule has 0 spiro atoms. The van der Waals surface area contributed by atoms with Crippen LogP contribution in [0.3, 0.4) is 0 Å². The van der Waals surface area contributed by atoms with Crippen molar-refractivity contribution in [3.05, 3.63) is 75.0 Å². The van der Waals surface area contributed by atoms with Crippen LogP contribution in [-0.4, -0.2) is 33.0 Å². The maximum atomic E-state index is 13.2. The van der Waals surface area contributed by atoms with E-state index in [4.69, 9.17) is 0 Å². The van der Waals surface area contributed by atoms with Gasteiger partial charge in [0, 0.05) is 42.3 Å². The lowest BCUT2D eigenvalue weighted by molar-refractivity contribution is -0.387. The number of H-pyrrole nitrogens is 1. The molecular formula is C22H22F3N3O3. The number of fused-ring (bicyclic) bond motifs is 1. The highest BCUT2D eigenvalue weighted by molar-refractivity contribution is 5.84. The van der Waals surface area contributed by atoms with Gasteiger partial charge in [0.2, 0.25) is 0 Å². The molecule has 1 fully saturated rings. The number of nitro benzene ring substituents is 1. The Morgan fingerprint density at radius 1 is 1.16 bits per heavy atom. The molecule has 2 N–H and O–H groups in total. The number of alkyl halides is 3. The maximum Gasteiger partial charge on any atom is 0.423 e. The quantitative estimate of drug-likeness (QED) is 0.454. The molecule has 164 valence electrons. The van der Waals surface area contributed by atoms with Crippen LogP contribution in [0.5, 0.6) is 0 Å². The molecule has 2 heterocycles. The standard InChI is InChI=1S/C22H22F3N3O3/c1-14-2-4-15(5-3-14)13-27-8-6-21(29,7-9-27)20-11-16-10-19(28(30)31)17(22(23,24)25)12-18(16)26-20/h2-5,10-12,26,29H,6-9,13H2,1H3. The van der Waals surface area contributed by atoms with E-state index in [0.29, 0.717) is 31.6 Å². The Labute approximate surface area is 176 Å². The third kappa shape index (κ3) is 4.28. The summed E-state index contributed by atoms with van der Waals surface area (Å²) >= 11 is 0. The summed E-state index contributed by atoms with van der Waals surface area (Å²) in [5.41, 5.74) is -0.674. The summed E-state index contributed by atoms with van der Waals surface area (Å²) < 4.78 is 39.7. The summed E-state index contributed by atoms with van der Waals surface area (Å²) in [6, 6.07) is 11.4. The Kier molecular flexibility index (Phi) is 5.26. The van der Waals surface area contributed by atoms with Crippen LogP contribution in [0.1, 0.15) is 35.2 Å². The fourth-order valence-corrected chi connectivity index (χ4v) is 4.10. The van der Waals surface area contributed by atoms with Gasteiger partial charge in [-0.2, -0.15) is 13.2 Å². The normalized spacial score (nSPS) is 17.2. The van der Waals surface area contributed by atoms with Crippen LogP contribution >= 0.6 is 0 Å². The molecule has 1 aromatic heterocycles. The van der Waals surface area contributed by atoms with Crippen molar-refractivity contribution in [2.75, 3.05) is 13.1 Å². The smallest absolute Gasteiger partial charge is 0.384 e. The van der Waals surface area contributed by atoms with Gasteiger partial charge in [0.15, 0.2) is 0 Å². The molecule has 1 saturated heterocycles. The van der Waals surface area contributed by atoms with Crippen molar-refractivity contribution >= 4 is 16.6 Å². The van der Waals surface area contributed by atoms with E-state index in [9.17, 15) is 28.4 Å². The Hall–Kier alpha value is -2.91. The van der Waals surface area contributed by atoms with Gasteiger partial charge >= 0.3 is 6.18 Å². The van der Waals surface area contributed by atoms with Crippen molar-refractivity contribution in [1.82, 2.24) is 9.88 Å². The number of aliphatic hydroxyl groups is 1. The number of aromatic amines is 1. The van der Waals surface area contributed by atoms with Crippen molar-refractivity contribution < 1.29 is 23.2 Å². The molecule has 0 unspecified atom stereocenters. The van der Waals surface area contributed by atoms with E-state index in [-0.39, 0.29) is 10.9 Å². The Balaban J connectivity index is 1.56. The van der Waals surface area contributed by atoms with E-state index < -0.39 is 28.0 Å². The second kappa shape index (κ2) is 7.65.